The molecule has 1 aliphatic rings. The summed E-state index contributed by atoms with van der Waals surface area (Å²) in [5.41, 5.74) is 5.30. The number of hydrogen-bond acceptors (Lipinski definition) is 2. The maximum atomic E-state index is 10.3. The van der Waals surface area contributed by atoms with Crippen LogP contribution in [0.5, 0.6) is 0 Å². The van der Waals surface area contributed by atoms with Crippen LogP contribution >= 0.6 is 12.4 Å². The first kappa shape index (κ1) is 9.72. The van der Waals surface area contributed by atoms with E-state index in [-0.39, 0.29) is 24.2 Å². The van der Waals surface area contributed by atoms with Gasteiger partial charge < -0.3 is 10.8 Å². The average molecular weight is 166 g/mol. The molecule has 3 nitrogen and oxygen atoms in total. The first-order valence-corrected chi connectivity index (χ1v) is 3.18. The minimum absolute atomic E-state index is 0. The van der Waals surface area contributed by atoms with Crippen LogP contribution in [0.3, 0.4) is 0 Å². The minimum atomic E-state index is -0.684. The highest BCUT2D eigenvalue weighted by Gasteiger charge is 2.34. The van der Waals surface area contributed by atoms with Gasteiger partial charge in [-0.05, 0) is 25.3 Å². The Kier molecular flexibility index (Phi) is 3.68. The number of halogens is 1. The van der Waals surface area contributed by atoms with Crippen molar-refractivity contribution in [2.75, 3.05) is 6.54 Å². The molecule has 2 atom stereocenters. The smallest absolute Gasteiger partial charge is 0.306 e. The van der Waals surface area contributed by atoms with E-state index < -0.39 is 5.97 Å². The van der Waals surface area contributed by atoms with Crippen LogP contribution in [0.1, 0.15) is 12.8 Å². The Balaban J connectivity index is 0.000000810. The fraction of sp³-hybridized carbons (Fsp3) is 0.833. The Bertz CT molecular complexity index is 127. The second-order valence-electron chi connectivity index (χ2n) is 2.52. The van der Waals surface area contributed by atoms with Crippen molar-refractivity contribution in [2.24, 2.45) is 17.6 Å². The summed E-state index contributed by atoms with van der Waals surface area (Å²) in [5, 5.41) is 8.48. The number of carbonyl (C=O) groups is 1. The third-order valence-corrected chi connectivity index (χ3v) is 2.04. The highest BCUT2D eigenvalue weighted by Crippen LogP contribution is 2.33. The highest BCUT2D eigenvalue weighted by atomic mass is 35.5. The van der Waals surface area contributed by atoms with E-state index in [1.54, 1.807) is 0 Å². The zero-order valence-corrected chi connectivity index (χ0v) is 6.43. The Hall–Kier alpha value is -0.280. The molecule has 0 aliphatic heterocycles. The molecule has 0 aromatic rings. The van der Waals surface area contributed by atoms with Gasteiger partial charge in [0.05, 0.1) is 5.92 Å². The van der Waals surface area contributed by atoms with E-state index in [0.717, 1.165) is 12.8 Å². The zero-order chi connectivity index (χ0) is 6.85. The summed E-state index contributed by atoms with van der Waals surface area (Å²) >= 11 is 0. The number of nitrogens with two attached hydrogens (primary N) is 1. The van der Waals surface area contributed by atoms with E-state index in [1.165, 1.54) is 0 Å². The average Bonchev–Trinajstić information content (AvgIpc) is 1.61. The fourth-order valence-electron chi connectivity index (χ4n) is 1.18. The Morgan fingerprint density at radius 3 is 2.30 bits per heavy atom. The molecule has 0 amide bonds. The molecule has 0 radical (unpaired) electrons. The molecule has 1 fully saturated rings. The molecule has 10 heavy (non-hydrogen) atoms. The van der Waals surface area contributed by atoms with Crippen molar-refractivity contribution < 1.29 is 9.90 Å². The Labute approximate surface area is 66.0 Å². The molecule has 0 unspecified atom stereocenters. The summed E-state index contributed by atoms with van der Waals surface area (Å²) in [6.07, 6.45) is 1.81. The summed E-state index contributed by atoms with van der Waals surface area (Å²) in [4.78, 5) is 10.3. The molecular weight excluding hydrogens is 154 g/mol. The monoisotopic (exact) mass is 165 g/mol. The molecule has 3 N–H and O–H groups in total. The summed E-state index contributed by atoms with van der Waals surface area (Å²) in [6.45, 7) is 0.525. The van der Waals surface area contributed by atoms with Gasteiger partial charge in [0, 0.05) is 0 Å². The second kappa shape index (κ2) is 3.78. The van der Waals surface area contributed by atoms with Crippen molar-refractivity contribution in [3.8, 4) is 0 Å². The molecule has 0 aromatic heterocycles. The molecule has 0 bridgehead atoms. The number of carboxylic acid groups (broad SMARTS) is 1. The summed E-state index contributed by atoms with van der Waals surface area (Å²) < 4.78 is 0. The quantitative estimate of drug-likeness (QED) is 0.626. The van der Waals surface area contributed by atoms with Gasteiger partial charge >= 0.3 is 5.97 Å². The first-order valence-electron chi connectivity index (χ1n) is 3.18. The Morgan fingerprint density at radius 2 is 2.20 bits per heavy atom. The van der Waals surface area contributed by atoms with Gasteiger partial charge in [-0.25, -0.2) is 0 Å². The zero-order valence-electron chi connectivity index (χ0n) is 5.62. The normalized spacial score (nSPS) is 30.1. The summed E-state index contributed by atoms with van der Waals surface area (Å²) in [7, 11) is 0. The lowest BCUT2D eigenvalue weighted by molar-refractivity contribution is -0.147. The molecule has 1 saturated carbocycles. The van der Waals surface area contributed by atoms with Gasteiger partial charge in [0.15, 0.2) is 0 Å². The van der Waals surface area contributed by atoms with Crippen molar-refractivity contribution >= 4 is 18.4 Å². The minimum Gasteiger partial charge on any atom is -0.481 e. The lowest BCUT2D eigenvalue weighted by atomic mass is 9.74. The lowest BCUT2D eigenvalue weighted by Crippen LogP contribution is -2.37. The molecule has 0 spiro atoms. The predicted molar refractivity (Wildman–Crippen MR) is 40.2 cm³/mol. The molecule has 60 valence electrons. The third-order valence-electron chi connectivity index (χ3n) is 2.04. The van der Waals surface area contributed by atoms with Gasteiger partial charge in [0.2, 0.25) is 0 Å². The van der Waals surface area contributed by atoms with Gasteiger partial charge in [-0.3, -0.25) is 4.79 Å². The first-order chi connectivity index (χ1) is 4.25. The molecule has 0 heterocycles. The van der Waals surface area contributed by atoms with Crippen LogP contribution in [-0.2, 0) is 4.79 Å². The van der Waals surface area contributed by atoms with Gasteiger partial charge in [-0.2, -0.15) is 0 Å². The Morgan fingerprint density at radius 1 is 1.60 bits per heavy atom. The lowest BCUT2D eigenvalue weighted by Gasteiger charge is -2.31. The maximum Gasteiger partial charge on any atom is 0.306 e. The largest absolute Gasteiger partial charge is 0.481 e. The van der Waals surface area contributed by atoms with Crippen molar-refractivity contribution in [3.63, 3.8) is 0 Å². The predicted octanol–water partition coefficient (Wildman–Crippen LogP) is 0.478. The number of carboxylic acids is 1. The molecule has 1 aliphatic carbocycles. The second-order valence-corrected chi connectivity index (χ2v) is 2.52. The van der Waals surface area contributed by atoms with Gasteiger partial charge in [0.1, 0.15) is 0 Å². The van der Waals surface area contributed by atoms with Crippen molar-refractivity contribution in [3.05, 3.63) is 0 Å². The summed E-state index contributed by atoms with van der Waals surface area (Å²) in [5.74, 6) is -0.575. The van der Waals surface area contributed by atoms with Crippen molar-refractivity contribution in [1.82, 2.24) is 0 Å². The van der Waals surface area contributed by atoms with E-state index in [4.69, 9.17) is 10.8 Å². The van der Waals surface area contributed by atoms with Crippen LogP contribution in [0.4, 0.5) is 0 Å². The molecule has 1 rings (SSSR count). The van der Waals surface area contributed by atoms with E-state index in [1.807, 2.05) is 0 Å². The van der Waals surface area contributed by atoms with Gasteiger partial charge in [-0.1, -0.05) is 0 Å². The van der Waals surface area contributed by atoms with Crippen molar-refractivity contribution in [2.45, 2.75) is 12.8 Å². The van der Waals surface area contributed by atoms with Crippen LogP contribution in [0.2, 0.25) is 0 Å². The topological polar surface area (TPSA) is 63.3 Å². The number of rotatable bonds is 2. The van der Waals surface area contributed by atoms with Crippen molar-refractivity contribution in [1.29, 1.82) is 0 Å². The van der Waals surface area contributed by atoms with E-state index >= 15 is 0 Å². The standard InChI is InChI=1S/C6H11NO2.ClH/c7-3-4-1-2-5(4)6(8)9;/h4-5H,1-3,7H2,(H,8,9);1H/t4-,5-;/m1./s1. The van der Waals surface area contributed by atoms with Crippen LogP contribution in [-0.4, -0.2) is 17.6 Å². The molecule has 0 aromatic carbocycles. The summed E-state index contributed by atoms with van der Waals surface area (Å²) in [6, 6.07) is 0. The van der Waals surface area contributed by atoms with Crippen LogP contribution in [0.15, 0.2) is 0 Å². The van der Waals surface area contributed by atoms with Crippen LogP contribution in [0.25, 0.3) is 0 Å². The number of aliphatic carboxylic acids is 1. The van der Waals surface area contributed by atoms with Crippen LogP contribution in [0, 0.1) is 11.8 Å². The fourth-order valence-corrected chi connectivity index (χ4v) is 1.18. The highest BCUT2D eigenvalue weighted by molar-refractivity contribution is 5.85. The van der Waals surface area contributed by atoms with E-state index in [2.05, 4.69) is 0 Å². The number of hydrogen-bond donors (Lipinski definition) is 2. The molecule has 0 saturated heterocycles. The van der Waals surface area contributed by atoms with E-state index in [0.29, 0.717) is 6.54 Å². The van der Waals surface area contributed by atoms with Crippen LogP contribution < -0.4 is 5.73 Å². The maximum absolute atomic E-state index is 10.3. The molecular formula is C6H12ClNO2. The molecule has 4 heteroatoms. The van der Waals surface area contributed by atoms with Gasteiger partial charge in [-0.15, -0.1) is 12.4 Å². The van der Waals surface area contributed by atoms with E-state index in [9.17, 15) is 4.79 Å². The third kappa shape index (κ3) is 1.61. The SMILES string of the molecule is Cl.NC[C@H]1CC[C@H]1C(=O)O. The van der Waals surface area contributed by atoms with Gasteiger partial charge in [0.25, 0.3) is 0 Å².